The van der Waals surface area contributed by atoms with E-state index in [1.54, 1.807) is 0 Å². The Balaban J connectivity index is 2.19. The van der Waals surface area contributed by atoms with E-state index in [1.807, 2.05) is 0 Å². The molecule has 3 nitrogen and oxygen atoms in total. The molecule has 1 heterocycles. The fraction of sp³-hybridized carbons (Fsp3) is 1.00. The summed E-state index contributed by atoms with van der Waals surface area (Å²) < 4.78 is 0. The molecule has 90 valence electrons. The van der Waals surface area contributed by atoms with E-state index in [4.69, 9.17) is 0 Å². The molecule has 1 atom stereocenters. The van der Waals surface area contributed by atoms with Gasteiger partial charge in [0.25, 0.3) is 0 Å². The van der Waals surface area contributed by atoms with Crippen molar-refractivity contribution in [1.29, 1.82) is 0 Å². The van der Waals surface area contributed by atoms with Gasteiger partial charge in [-0.3, -0.25) is 5.43 Å². The van der Waals surface area contributed by atoms with Crippen molar-refractivity contribution in [2.75, 3.05) is 33.2 Å². The first-order valence-electron chi connectivity index (χ1n) is 6.46. The zero-order valence-corrected chi connectivity index (χ0v) is 10.6. The molecule has 1 saturated heterocycles. The molecule has 3 heteroatoms. The monoisotopic (exact) mass is 213 g/mol. The first-order valence-corrected chi connectivity index (χ1v) is 6.46. The number of rotatable bonds is 6. The molecule has 0 aromatic heterocycles. The molecule has 0 bridgehead atoms. The maximum absolute atomic E-state index is 3.67. The largest absolute Gasteiger partial charge is 0.304 e. The Bertz CT molecular complexity index is 150. The smallest absolute Gasteiger partial charge is 0.0259 e. The van der Waals surface area contributed by atoms with Crippen LogP contribution in [0.4, 0.5) is 0 Å². The summed E-state index contributed by atoms with van der Waals surface area (Å²) in [5.41, 5.74) is 3.67. The second-order valence-electron chi connectivity index (χ2n) is 4.67. The van der Waals surface area contributed by atoms with Crippen molar-refractivity contribution in [2.24, 2.45) is 0 Å². The van der Waals surface area contributed by atoms with Crippen molar-refractivity contribution in [1.82, 2.24) is 15.3 Å². The highest BCUT2D eigenvalue weighted by Gasteiger charge is 2.16. The molecular formula is C12H27N3. The van der Waals surface area contributed by atoms with Crippen LogP contribution in [0.25, 0.3) is 0 Å². The third-order valence-corrected chi connectivity index (χ3v) is 3.27. The molecule has 0 spiro atoms. The van der Waals surface area contributed by atoms with Crippen molar-refractivity contribution in [2.45, 2.75) is 45.6 Å². The van der Waals surface area contributed by atoms with Gasteiger partial charge in [-0.15, -0.1) is 0 Å². The molecule has 0 amide bonds. The lowest BCUT2D eigenvalue weighted by Crippen LogP contribution is -2.53. The zero-order chi connectivity index (χ0) is 11.1. The van der Waals surface area contributed by atoms with Gasteiger partial charge in [0.15, 0.2) is 0 Å². The van der Waals surface area contributed by atoms with Gasteiger partial charge in [0.2, 0.25) is 0 Å². The molecule has 0 aliphatic carbocycles. The van der Waals surface area contributed by atoms with Gasteiger partial charge >= 0.3 is 0 Å². The number of nitrogens with zero attached hydrogens (tertiary/aromatic N) is 2. The molecule has 0 aromatic carbocycles. The second-order valence-corrected chi connectivity index (χ2v) is 4.67. The molecule has 1 unspecified atom stereocenters. The molecular weight excluding hydrogens is 186 g/mol. The number of hydrogen-bond donors (Lipinski definition) is 1. The molecule has 0 aromatic rings. The van der Waals surface area contributed by atoms with E-state index in [-0.39, 0.29) is 0 Å². The van der Waals surface area contributed by atoms with E-state index in [0.717, 1.165) is 0 Å². The van der Waals surface area contributed by atoms with E-state index in [9.17, 15) is 0 Å². The Morgan fingerprint density at radius 3 is 2.33 bits per heavy atom. The van der Waals surface area contributed by atoms with Gasteiger partial charge in [-0.25, -0.2) is 5.01 Å². The number of hydrogen-bond acceptors (Lipinski definition) is 3. The third kappa shape index (κ3) is 4.96. The van der Waals surface area contributed by atoms with Crippen LogP contribution in [0.1, 0.15) is 39.5 Å². The Kier molecular flexibility index (Phi) is 6.22. The number of likely N-dealkylation sites (N-methyl/N-ethyl adjacent to an activating group) is 1. The van der Waals surface area contributed by atoms with Gasteiger partial charge in [-0.2, -0.15) is 0 Å². The summed E-state index contributed by atoms with van der Waals surface area (Å²) >= 11 is 0. The summed E-state index contributed by atoms with van der Waals surface area (Å²) in [6, 6.07) is 0.688. The van der Waals surface area contributed by atoms with Crippen molar-refractivity contribution in [3.63, 3.8) is 0 Å². The van der Waals surface area contributed by atoms with Crippen LogP contribution in [-0.4, -0.2) is 49.2 Å². The average Bonchev–Trinajstić information content (AvgIpc) is 2.27. The number of hydrazine groups is 1. The van der Waals surface area contributed by atoms with Crippen molar-refractivity contribution in [3.05, 3.63) is 0 Å². The summed E-state index contributed by atoms with van der Waals surface area (Å²) in [5, 5.41) is 2.41. The minimum Gasteiger partial charge on any atom is -0.304 e. The molecule has 1 aliphatic heterocycles. The number of unbranched alkanes of at least 4 members (excludes halogenated alkanes) is 1. The molecule has 15 heavy (non-hydrogen) atoms. The number of nitrogens with one attached hydrogen (secondary N) is 1. The highest BCUT2D eigenvalue weighted by molar-refractivity contribution is 4.70. The van der Waals surface area contributed by atoms with Crippen molar-refractivity contribution >= 4 is 0 Å². The Morgan fingerprint density at radius 2 is 1.80 bits per heavy atom. The zero-order valence-electron chi connectivity index (χ0n) is 10.6. The van der Waals surface area contributed by atoms with Gasteiger partial charge in [-0.1, -0.05) is 26.7 Å². The molecule has 0 radical (unpaired) electrons. The van der Waals surface area contributed by atoms with Crippen LogP contribution < -0.4 is 5.43 Å². The van der Waals surface area contributed by atoms with E-state index in [0.29, 0.717) is 6.04 Å². The summed E-state index contributed by atoms with van der Waals surface area (Å²) in [5.74, 6) is 0. The predicted molar refractivity (Wildman–Crippen MR) is 65.8 cm³/mol. The fourth-order valence-electron chi connectivity index (χ4n) is 2.00. The van der Waals surface area contributed by atoms with Gasteiger partial charge in [0.1, 0.15) is 0 Å². The Hall–Kier alpha value is -0.120. The first kappa shape index (κ1) is 12.9. The van der Waals surface area contributed by atoms with Crippen LogP contribution >= 0.6 is 0 Å². The summed E-state index contributed by atoms with van der Waals surface area (Å²) in [6.07, 6.45) is 5.21. The fourth-order valence-corrected chi connectivity index (χ4v) is 2.00. The maximum Gasteiger partial charge on any atom is 0.0259 e. The van der Waals surface area contributed by atoms with Crippen LogP contribution in [0, 0.1) is 0 Å². The van der Waals surface area contributed by atoms with Gasteiger partial charge < -0.3 is 4.90 Å². The SMILES string of the molecule is CCCCC(CC)NN1CCN(C)CC1. The van der Waals surface area contributed by atoms with Gasteiger partial charge in [-0.05, 0) is 19.9 Å². The quantitative estimate of drug-likeness (QED) is 0.724. The summed E-state index contributed by atoms with van der Waals surface area (Å²) in [4.78, 5) is 2.39. The Morgan fingerprint density at radius 1 is 1.13 bits per heavy atom. The maximum atomic E-state index is 3.67. The molecule has 0 saturated carbocycles. The first-order chi connectivity index (χ1) is 7.26. The van der Waals surface area contributed by atoms with E-state index >= 15 is 0 Å². The highest BCUT2D eigenvalue weighted by atomic mass is 15.5. The summed E-state index contributed by atoms with van der Waals surface area (Å²) in [7, 11) is 2.20. The van der Waals surface area contributed by atoms with E-state index in [2.05, 4.69) is 36.2 Å². The van der Waals surface area contributed by atoms with Crippen LogP contribution in [0.5, 0.6) is 0 Å². The predicted octanol–water partition coefficient (Wildman–Crippen LogP) is 1.71. The third-order valence-electron chi connectivity index (χ3n) is 3.27. The molecule has 1 fully saturated rings. The second kappa shape index (κ2) is 7.20. The number of piperazine rings is 1. The summed E-state index contributed by atoms with van der Waals surface area (Å²) in [6.45, 7) is 9.26. The lowest BCUT2D eigenvalue weighted by Gasteiger charge is -2.35. The topological polar surface area (TPSA) is 18.5 Å². The van der Waals surface area contributed by atoms with E-state index < -0.39 is 0 Å². The highest BCUT2D eigenvalue weighted by Crippen LogP contribution is 2.06. The standard InChI is InChI=1S/C12H27N3/c1-4-6-7-12(5-2)13-15-10-8-14(3)9-11-15/h12-13H,4-11H2,1-3H3. The van der Waals surface area contributed by atoms with Gasteiger partial charge in [0.05, 0.1) is 0 Å². The molecule has 1 aliphatic rings. The lowest BCUT2D eigenvalue weighted by molar-refractivity contribution is 0.0834. The normalized spacial score (nSPS) is 21.8. The average molecular weight is 213 g/mol. The van der Waals surface area contributed by atoms with Crippen LogP contribution in [0.2, 0.25) is 0 Å². The minimum absolute atomic E-state index is 0.688. The van der Waals surface area contributed by atoms with Crippen molar-refractivity contribution in [3.8, 4) is 0 Å². The van der Waals surface area contributed by atoms with E-state index in [1.165, 1.54) is 51.9 Å². The molecule has 1 N–H and O–H groups in total. The van der Waals surface area contributed by atoms with Gasteiger partial charge in [0, 0.05) is 32.2 Å². The molecule has 1 rings (SSSR count). The lowest BCUT2D eigenvalue weighted by atomic mass is 10.1. The van der Waals surface area contributed by atoms with Crippen LogP contribution in [-0.2, 0) is 0 Å². The van der Waals surface area contributed by atoms with Crippen molar-refractivity contribution < 1.29 is 0 Å². The van der Waals surface area contributed by atoms with Crippen LogP contribution in [0.3, 0.4) is 0 Å². The van der Waals surface area contributed by atoms with Crippen LogP contribution in [0.15, 0.2) is 0 Å². The Labute approximate surface area is 94.8 Å². The minimum atomic E-state index is 0.688.